The number of carbonyl (C=O) groups is 1. The maximum Gasteiger partial charge on any atom is 0.573 e. The maximum atomic E-state index is 13.3. The Morgan fingerprint density at radius 3 is 1.71 bits per heavy atom. The molecule has 0 saturated carbocycles. The molecule has 2 atom stereocenters. The van der Waals surface area contributed by atoms with Gasteiger partial charge in [-0.3, -0.25) is 10.1 Å². The van der Waals surface area contributed by atoms with E-state index in [0.717, 1.165) is 16.7 Å². The standard InChI is InChI=1S/C33H31F3N2O3/c1-40-30-23-38(31(39)21-24-17-19-28(20-18-24)41-33(34,35)36)22-29(30)37-32(25-11-5-2-6-12-25,26-13-7-3-8-14-26)27-15-9-4-10-16-27/h2-20,29-30,37H,21-23H2,1H3/t29-,30-/m1/s1. The van der Waals surface area contributed by atoms with Crippen LogP contribution in [-0.4, -0.2) is 49.5 Å². The number of halogens is 3. The SMILES string of the molecule is CO[C@@H]1CN(C(=O)Cc2ccc(OC(F)(F)F)cc2)C[C@H]1NC(c1ccccc1)(c1ccccc1)c1ccccc1. The zero-order valence-corrected chi connectivity index (χ0v) is 22.6. The first-order chi connectivity index (χ1) is 19.8. The average Bonchev–Trinajstić information content (AvgIpc) is 3.40. The lowest BCUT2D eigenvalue weighted by atomic mass is 9.76. The molecule has 5 rings (SSSR count). The summed E-state index contributed by atoms with van der Waals surface area (Å²) in [5.41, 5.74) is 3.04. The van der Waals surface area contributed by atoms with Gasteiger partial charge in [-0.1, -0.05) is 103 Å². The lowest BCUT2D eigenvalue weighted by Gasteiger charge is -2.40. The Labute approximate surface area is 237 Å². The highest BCUT2D eigenvalue weighted by atomic mass is 19.4. The molecule has 1 amide bonds. The van der Waals surface area contributed by atoms with Crippen molar-refractivity contribution < 1.29 is 27.4 Å². The van der Waals surface area contributed by atoms with Gasteiger partial charge in [0.05, 0.1) is 24.1 Å². The summed E-state index contributed by atoms with van der Waals surface area (Å²) in [4.78, 5) is 15.1. The quantitative estimate of drug-likeness (QED) is 0.258. The van der Waals surface area contributed by atoms with E-state index < -0.39 is 11.9 Å². The van der Waals surface area contributed by atoms with Gasteiger partial charge in [-0.15, -0.1) is 13.2 Å². The molecule has 41 heavy (non-hydrogen) atoms. The summed E-state index contributed by atoms with van der Waals surface area (Å²) in [5.74, 6) is -0.455. The van der Waals surface area contributed by atoms with E-state index in [1.807, 2.05) is 54.6 Å². The van der Waals surface area contributed by atoms with E-state index in [9.17, 15) is 18.0 Å². The van der Waals surface area contributed by atoms with Crippen molar-refractivity contribution in [1.29, 1.82) is 0 Å². The number of amides is 1. The van der Waals surface area contributed by atoms with Crippen molar-refractivity contribution in [1.82, 2.24) is 10.2 Å². The third kappa shape index (κ3) is 6.45. The lowest BCUT2D eigenvalue weighted by molar-refractivity contribution is -0.274. The lowest BCUT2D eigenvalue weighted by Crippen LogP contribution is -2.54. The number of likely N-dealkylation sites (tertiary alicyclic amines) is 1. The minimum absolute atomic E-state index is 0.0522. The van der Waals surface area contributed by atoms with E-state index in [0.29, 0.717) is 18.7 Å². The molecule has 0 radical (unpaired) electrons. The highest BCUT2D eigenvalue weighted by Gasteiger charge is 2.44. The molecule has 1 aliphatic heterocycles. The molecule has 0 aliphatic carbocycles. The van der Waals surface area contributed by atoms with Crippen LogP contribution in [0.25, 0.3) is 0 Å². The van der Waals surface area contributed by atoms with Crippen molar-refractivity contribution in [2.24, 2.45) is 0 Å². The first-order valence-corrected chi connectivity index (χ1v) is 13.4. The van der Waals surface area contributed by atoms with Crippen molar-refractivity contribution >= 4 is 5.91 Å². The summed E-state index contributed by atoms with van der Waals surface area (Å²) in [6, 6.07) is 35.8. The summed E-state index contributed by atoms with van der Waals surface area (Å²) in [6.07, 6.45) is -4.99. The topological polar surface area (TPSA) is 50.8 Å². The first-order valence-electron chi connectivity index (χ1n) is 13.4. The maximum absolute atomic E-state index is 13.3. The van der Waals surface area contributed by atoms with Gasteiger partial charge in [-0.05, 0) is 34.4 Å². The van der Waals surface area contributed by atoms with Gasteiger partial charge in [0.2, 0.25) is 5.91 Å². The average molecular weight is 561 g/mol. The van der Waals surface area contributed by atoms with Gasteiger partial charge in [-0.25, -0.2) is 0 Å². The number of carbonyl (C=O) groups excluding carboxylic acids is 1. The number of benzene rings is 4. The van der Waals surface area contributed by atoms with Crippen molar-refractivity contribution in [3.05, 3.63) is 138 Å². The fourth-order valence-corrected chi connectivity index (χ4v) is 5.54. The number of alkyl halides is 3. The van der Waals surface area contributed by atoms with Crippen LogP contribution in [0.4, 0.5) is 13.2 Å². The van der Waals surface area contributed by atoms with E-state index in [4.69, 9.17) is 4.74 Å². The fourth-order valence-electron chi connectivity index (χ4n) is 5.54. The van der Waals surface area contributed by atoms with E-state index in [2.05, 4.69) is 46.5 Å². The second-order valence-electron chi connectivity index (χ2n) is 10.0. The minimum Gasteiger partial charge on any atom is -0.406 e. The number of hydrogen-bond acceptors (Lipinski definition) is 4. The van der Waals surface area contributed by atoms with Gasteiger partial charge in [0.15, 0.2) is 0 Å². The van der Waals surface area contributed by atoms with Gasteiger partial charge in [0.25, 0.3) is 0 Å². The third-order valence-corrected chi connectivity index (χ3v) is 7.46. The summed E-state index contributed by atoms with van der Waals surface area (Å²) in [5, 5.41) is 3.92. The molecular formula is C33H31F3N2O3. The van der Waals surface area contributed by atoms with Crippen molar-refractivity contribution in [3.8, 4) is 5.75 Å². The number of nitrogens with zero attached hydrogens (tertiary/aromatic N) is 1. The normalized spacial score (nSPS) is 17.4. The molecule has 0 aromatic heterocycles. The molecule has 1 fully saturated rings. The monoisotopic (exact) mass is 560 g/mol. The molecule has 8 heteroatoms. The van der Waals surface area contributed by atoms with Crippen LogP contribution in [0.3, 0.4) is 0 Å². The molecule has 1 aliphatic rings. The van der Waals surface area contributed by atoms with E-state index in [-0.39, 0.29) is 30.2 Å². The Hall–Kier alpha value is -4.14. The molecule has 5 nitrogen and oxygen atoms in total. The van der Waals surface area contributed by atoms with Crippen LogP contribution in [-0.2, 0) is 21.5 Å². The molecule has 0 bridgehead atoms. The van der Waals surface area contributed by atoms with Crippen molar-refractivity contribution in [2.75, 3.05) is 20.2 Å². The summed E-state index contributed by atoms with van der Waals surface area (Å²) >= 11 is 0. The van der Waals surface area contributed by atoms with Gasteiger partial charge in [-0.2, -0.15) is 0 Å². The van der Waals surface area contributed by atoms with Crippen LogP contribution in [0, 0.1) is 0 Å². The van der Waals surface area contributed by atoms with Crippen LogP contribution < -0.4 is 10.1 Å². The molecule has 1 N–H and O–H groups in total. The Morgan fingerprint density at radius 1 is 0.780 bits per heavy atom. The molecule has 1 saturated heterocycles. The zero-order valence-electron chi connectivity index (χ0n) is 22.6. The Kier molecular flexibility index (Phi) is 8.42. The number of rotatable bonds is 9. The fraction of sp³-hybridized carbons (Fsp3) is 0.242. The largest absolute Gasteiger partial charge is 0.573 e. The Balaban J connectivity index is 1.42. The molecule has 4 aromatic carbocycles. The van der Waals surface area contributed by atoms with E-state index in [1.165, 1.54) is 24.3 Å². The first kappa shape index (κ1) is 28.4. The van der Waals surface area contributed by atoms with Gasteiger partial charge in [0.1, 0.15) is 5.75 Å². The zero-order chi connectivity index (χ0) is 28.9. The number of ether oxygens (including phenoxy) is 2. The molecule has 4 aromatic rings. The highest BCUT2D eigenvalue weighted by molar-refractivity contribution is 5.79. The Bertz CT molecular complexity index is 1320. The summed E-state index contributed by atoms with van der Waals surface area (Å²) in [6.45, 7) is 0.789. The summed E-state index contributed by atoms with van der Waals surface area (Å²) < 4.78 is 47.3. The predicted molar refractivity (Wildman–Crippen MR) is 150 cm³/mol. The van der Waals surface area contributed by atoms with Gasteiger partial charge in [0, 0.05) is 20.2 Å². The van der Waals surface area contributed by atoms with Crippen molar-refractivity contribution in [3.63, 3.8) is 0 Å². The molecule has 0 spiro atoms. The van der Waals surface area contributed by atoms with Crippen LogP contribution in [0.5, 0.6) is 5.75 Å². The van der Waals surface area contributed by atoms with Gasteiger partial charge >= 0.3 is 6.36 Å². The predicted octanol–water partition coefficient (Wildman–Crippen LogP) is 5.94. The van der Waals surface area contributed by atoms with Crippen LogP contribution >= 0.6 is 0 Å². The van der Waals surface area contributed by atoms with Crippen LogP contribution in [0.15, 0.2) is 115 Å². The third-order valence-electron chi connectivity index (χ3n) is 7.46. The molecule has 212 valence electrons. The minimum atomic E-state index is -4.77. The second kappa shape index (κ2) is 12.2. The number of methoxy groups -OCH3 is 1. The number of hydrogen-bond donors (Lipinski definition) is 1. The smallest absolute Gasteiger partial charge is 0.406 e. The van der Waals surface area contributed by atoms with Crippen LogP contribution in [0.2, 0.25) is 0 Å². The highest BCUT2D eigenvalue weighted by Crippen LogP contribution is 2.38. The summed E-state index contributed by atoms with van der Waals surface area (Å²) in [7, 11) is 1.64. The second-order valence-corrected chi connectivity index (χ2v) is 10.0. The number of nitrogens with one attached hydrogen (secondary N) is 1. The van der Waals surface area contributed by atoms with E-state index in [1.54, 1.807) is 12.0 Å². The molecular weight excluding hydrogens is 529 g/mol. The van der Waals surface area contributed by atoms with E-state index >= 15 is 0 Å². The van der Waals surface area contributed by atoms with Gasteiger partial charge < -0.3 is 14.4 Å². The van der Waals surface area contributed by atoms with Crippen molar-refractivity contribution in [2.45, 2.75) is 30.5 Å². The molecule has 0 unspecified atom stereocenters. The molecule has 1 heterocycles. The van der Waals surface area contributed by atoms with Crippen LogP contribution in [0.1, 0.15) is 22.3 Å². The Morgan fingerprint density at radius 2 is 1.27 bits per heavy atom.